The molecule has 1 rings (SSSR count). The molecule has 0 unspecified atom stereocenters. The zero-order chi connectivity index (χ0) is 13.2. The van der Waals surface area contributed by atoms with Gasteiger partial charge in [0.2, 0.25) is 3.79 Å². The molecule has 1 aromatic rings. The van der Waals surface area contributed by atoms with Gasteiger partial charge in [-0.05, 0) is 0 Å². The number of aromatic carboxylic acids is 1. The summed E-state index contributed by atoms with van der Waals surface area (Å²) in [5.74, 6) is -2.50. The summed E-state index contributed by atoms with van der Waals surface area (Å²) >= 11 is 16.8. The Hall–Kier alpha value is -1.05. The van der Waals surface area contributed by atoms with Gasteiger partial charge in [0.1, 0.15) is 5.69 Å². The van der Waals surface area contributed by atoms with Crippen LogP contribution < -0.4 is 0 Å². The Labute approximate surface area is 110 Å². The van der Waals surface area contributed by atoms with Crippen molar-refractivity contribution in [1.82, 2.24) is 15.0 Å². The Morgan fingerprint density at radius 2 is 1.88 bits per heavy atom. The second kappa shape index (κ2) is 5.07. The first kappa shape index (κ1) is 14.0. The Kier molecular flexibility index (Phi) is 4.18. The van der Waals surface area contributed by atoms with Crippen LogP contribution in [0.3, 0.4) is 0 Å². The van der Waals surface area contributed by atoms with Gasteiger partial charge in [-0.3, -0.25) is 4.79 Å². The van der Waals surface area contributed by atoms with Crippen molar-refractivity contribution in [2.75, 3.05) is 0 Å². The molecule has 0 saturated heterocycles. The van der Waals surface area contributed by atoms with Gasteiger partial charge < -0.3 is 10.2 Å². The van der Waals surface area contributed by atoms with Gasteiger partial charge in [-0.1, -0.05) is 40.0 Å². The predicted molar refractivity (Wildman–Crippen MR) is 58.5 cm³/mol. The summed E-state index contributed by atoms with van der Waals surface area (Å²) in [6, 6.07) is 0. The van der Waals surface area contributed by atoms with Crippen LogP contribution in [0.1, 0.15) is 22.6 Å². The van der Waals surface area contributed by atoms with Crippen molar-refractivity contribution in [2.45, 2.75) is 16.8 Å². The van der Waals surface area contributed by atoms with Crippen LogP contribution >= 0.6 is 34.8 Å². The second-order valence-corrected chi connectivity index (χ2v) is 5.24. The predicted octanol–water partition coefficient (Wildman–Crippen LogP) is 1.28. The molecule has 0 fully saturated rings. The van der Waals surface area contributed by atoms with E-state index in [1.54, 1.807) is 0 Å². The summed E-state index contributed by atoms with van der Waals surface area (Å²) in [6.07, 6.45) is -0.295. The molecule has 17 heavy (non-hydrogen) atoms. The van der Waals surface area contributed by atoms with Gasteiger partial charge in [0.15, 0.2) is 5.69 Å². The van der Waals surface area contributed by atoms with Crippen LogP contribution in [-0.4, -0.2) is 37.1 Å². The number of nitrogens with zero attached hydrogens (tertiary/aromatic N) is 3. The first-order valence-corrected chi connectivity index (χ1v) is 5.32. The van der Waals surface area contributed by atoms with Crippen molar-refractivity contribution in [3.8, 4) is 0 Å². The fraction of sp³-hybridized carbons (Fsp3) is 0.429. The number of hydrogen-bond donors (Lipinski definition) is 2. The van der Waals surface area contributed by atoms with Crippen LogP contribution in [0.4, 0.5) is 0 Å². The van der Waals surface area contributed by atoms with E-state index in [0.717, 1.165) is 4.68 Å². The highest BCUT2D eigenvalue weighted by Crippen LogP contribution is 2.39. The van der Waals surface area contributed by atoms with Crippen molar-refractivity contribution < 1.29 is 19.8 Å². The van der Waals surface area contributed by atoms with Crippen molar-refractivity contribution in [3.05, 3.63) is 11.4 Å². The molecule has 0 atom stereocenters. The number of carboxylic acids is 2. The quantitative estimate of drug-likeness (QED) is 0.812. The molecule has 10 heteroatoms. The number of hydrogen-bond acceptors (Lipinski definition) is 4. The van der Waals surface area contributed by atoms with Gasteiger partial charge in [0.05, 0.1) is 13.0 Å². The molecule has 0 bridgehead atoms. The maximum Gasteiger partial charge on any atom is 0.358 e. The number of aliphatic carboxylic acids is 1. The third-order valence-electron chi connectivity index (χ3n) is 1.74. The highest BCUT2D eigenvalue weighted by molar-refractivity contribution is 6.66. The summed E-state index contributed by atoms with van der Waals surface area (Å²) in [5.41, 5.74) is -0.786. The van der Waals surface area contributed by atoms with Crippen molar-refractivity contribution in [2.24, 2.45) is 0 Å². The Morgan fingerprint density at radius 3 is 2.29 bits per heavy atom. The molecule has 0 aliphatic rings. The standard InChI is InChI=1S/C7H6Cl3N3O4/c8-7(9,10)5-4(6(16)17)11-12-13(5)2-1-3(14)15/h1-2H2,(H,14,15)(H,16,17). The second-order valence-electron chi connectivity index (χ2n) is 2.96. The van der Waals surface area contributed by atoms with E-state index >= 15 is 0 Å². The normalized spacial score (nSPS) is 11.5. The molecule has 0 aliphatic carbocycles. The third-order valence-corrected chi connectivity index (χ3v) is 2.28. The van der Waals surface area contributed by atoms with E-state index in [9.17, 15) is 9.59 Å². The van der Waals surface area contributed by atoms with Crippen LogP contribution in [0.5, 0.6) is 0 Å². The molecular formula is C7H6Cl3N3O4. The summed E-state index contributed by atoms with van der Waals surface area (Å²) in [7, 11) is 0. The molecule has 1 aromatic heterocycles. The molecule has 0 aliphatic heterocycles. The van der Waals surface area contributed by atoms with Crippen LogP contribution in [0.25, 0.3) is 0 Å². The van der Waals surface area contributed by atoms with Crippen molar-refractivity contribution in [3.63, 3.8) is 0 Å². The van der Waals surface area contributed by atoms with Crippen molar-refractivity contribution >= 4 is 46.7 Å². The van der Waals surface area contributed by atoms with Crippen LogP contribution in [0, 0.1) is 0 Å². The maximum absolute atomic E-state index is 10.8. The van der Waals surface area contributed by atoms with E-state index in [2.05, 4.69) is 10.3 Å². The molecule has 2 N–H and O–H groups in total. The highest BCUT2D eigenvalue weighted by Gasteiger charge is 2.35. The minimum Gasteiger partial charge on any atom is -0.481 e. The van der Waals surface area contributed by atoms with E-state index in [-0.39, 0.29) is 18.7 Å². The molecule has 0 aromatic carbocycles. The van der Waals surface area contributed by atoms with Crippen LogP contribution in [0.2, 0.25) is 0 Å². The van der Waals surface area contributed by atoms with E-state index in [1.807, 2.05) is 0 Å². The number of rotatable bonds is 4. The van der Waals surface area contributed by atoms with Crippen molar-refractivity contribution in [1.29, 1.82) is 0 Å². The zero-order valence-corrected chi connectivity index (χ0v) is 10.4. The average molecular weight is 303 g/mol. The molecule has 0 radical (unpaired) electrons. The first-order valence-electron chi connectivity index (χ1n) is 4.19. The van der Waals surface area contributed by atoms with Gasteiger partial charge >= 0.3 is 11.9 Å². The van der Waals surface area contributed by atoms with Gasteiger partial charge in [0, 0.05) is 0 Å². The molecule has 0 saturated carbocycles. The zero-order valence-electron chi connectivity index (χ0n) is 8.10. The molecule has 0 amide bonds. The molecular weight excluding hydrogens is 296 g/mol. The first-order chi connectivity index (χ1) is 7.73. The molecule has 94 valence electrons. The van der Waals surface area contributed by atoms with E-state index in [1.165, 1.54) is 0 Å². The number of carbonyl (C=O) groups is 2. The topological polar surface area (TPSA) is 105 Å². The monoisotopic (exact) mass is 301 g/mol. The fourth-order valence-electron chi connectivity index (χ4n) is 1.10. The van der Waals surface area contributed by atoms with Crippen LogP contribution in [0.15, 0.2) is 0 Å². The number of halogens is 3. The largest absolute Gasteiger partial charge is 0.481 e. The summed E-state index contributed by atoms with van der Waals surface area (Å²) in [6.45, 7) is -0.140. The van der Waals surface area contributed by atoms with E-state index in [4.69, 9.17) is 45.0 Å². The van der Waals surface area contributed by atoms with Crippen LogP contribution in [-0.2, 0) is 15.1 Å². The third kappa shape index (κ3) is 3.45. The highest BCUT2D eigenvalue weighted by atomic mass is 35.6. The minimum atomic E-state index is -2.05. The van der Waals surface area contributed by atoms with E-state index < -0.39 is 21.4 Å². The van der Waals surface area contributed by atoms with E-state index in [0.29, 0.717) is 0 Å². The lowest BCUT2D eigenvalue weighted by Gasteiger charge is -2.12. The molecule has 7 nitrogen and oxygen atoms in total. The summed E-state index contributed by atoms with van der Waals surface area (Å²) in [5, 5.41) is 24.1. The summed E-state index contributed by atoms with van der Waals surface area (Å²) in [4.78, 5) is 21.2. The Balaban J connectivity index is 3.14. The smallest absolute Gasteiger partial charge is 0.358 e. The van der Waals surface area contributed by atoms with Gasteiger partial charge in [-0.15, -0.1) is 5.10 Å². The number of aryl methyl sites for hydroxylation is 1. The Morgan fingerprint density at radius 1 is 1.29 bits per heavy atom. The Bertz CT molecular complexity index is 454. The SMILES string of the molecule is O=C(O)CCn1nnc(C(=O)O)c1C(Cl)(Cl)Cl. The lowest BCUT2D eigenvalue weighted by Crippen LogP contribution is -2.17. The lowest BCUT2D eigenvalue weighted by molar-refractivity contribution is -0.137. The maximum atomic E-state index is 10.8. The average Bonchev–Trinajstić information content (AvgIpc) is 2.57. The van der Waals surface area contributed by atoms with Gasteiger partial charge in [-0.25, -0.2) is 9.48 Å². The molecule has 1 heterocycles. The van der Waals surface area contributed by atoms with Gasteiger partial charge in [-0.2, -0.15) is 0 Å². The molecule has 0 spiro atoms. The number of carboxylic acid groups (broad SMARTS) is 2. The lowest BCUT2D eigenvalue weighted by atomic mass is 10.3. The number of aromatic nitrogens is 3. The summed E-state index contributed by atoms with van der Waals surface area (Å²) < 4.78 is -1.10. The minimum absolute atomic E-state index is 0.140. The van der Waals surface area contributed by atoms with Gasteiger partial charge in [0.25, 0.3) is 0 Å². The fourth-order valence-corrected chi connectivity index (χ4v) is 1.66. The number of alkyl halides is 3.